The van der Waals surface area contributed by atoms with E-state index in [1.807, 2.05) is 18.2 Å². The van der Waals surface area contributed by atoms with E-state index in [0.29, 0.717) is 16.6 Å². The van der Waals surface area contributed by atoms with Crippen LogP contribution in [0.15, 0.2) is 30.6 Å². The van der Waals surface area contributed by atoms with Crippen molar-refractivity contribution in [3.8, 4) is 0 Å². The summed E-state index contributed by atoms with van der Waals surface area (Å²) in [5, 5.41) is 4.54. The maximum Gasteiger partial charge on any atom is 0.134 e. The Balaban J connectivity index is 1.67. The molecular weight excluding hydrogens is 323 g/mol. The van der Waals surface area contributed by atoms with Crippen LogP contribution in [0, 0.1) is 0 Å². The number of ether oxygens (including phenoxy) is 1. The molecule has 1 aliphatic heterocycles. The van der Waals surface area contributed by atoms with Crippen LogP contribution in [0.4, 0.5) is 11.6 Å². The summed E-state index contributed by atoms with van der Waals surface area (Å²) in [7, 11) is 0. The van der Waals surface area contributed by atoms with Crippen molar-refractivity contribution in [1.29, 1.82) is 0 Å². The van der Waals surface area contributed by atoms with Gasteiger partial charge in [0.15, 0.2) is 0 Å². The van der Waals surface area contributed by atoms with Gasteiger partial charge in [-0.05, 0) is 17.7 Å². The maximum atomic E-state index is 6.17. The van der Waals surface area contributed by atoms with E-state index in [-0.39, 0.29) is 0 Å². The van der Waals surface area contributed by atoms with Crippen molar-refractivity contribution < 1.29 is 4.74 Å². The molecule has 1 aromatic carbocycles. The summed E-state index contributed by atoms with van der Waals surface area (Å²) >= 11 is 12.1. The number of morpholine rings is 1. The highest BCUT2D eigenvalue weighted by Crippen LogP contribution is 2.22. The lowest BCUT2D eigenvalue weighted by Crippen LogP contribution is -2.36. The second kappa shape index (κ2) is 7.13. The van der Waals surface area contributed by atoms with Crippen LogP contribution in [-0.4, -0.2) is 36.3 Å². The van der Waals surface area contributed by atoms with Gasteiger partial charge in [0.25, 0.3) is 0 Å². The molecule has 0 unspecified atom stereocenters. The van der Waals surface area contributed by atoms with Gasteiger partial charge in [0.1, 0.15) is 18.0 Å². The van der Waals surface area contributed by atoms with Gasteiger partial charge in [-0.1, -0.05) is 29.3 Å². The first-order valence-electron chi connectivity index (χ1n) is 7.05. The fraction of sp³-hybridized carbons (Fsp3) is 0.333. The van der Waals surface area contributed by atoms with Crippen LogP contribution in [0.1, 0.15) is 5.56 Å². The standard InChI is InChI=1S/C15H16Cl2N4O/c16-12-2-1-11(13(17)7-12)9-18-14-8-15(20-10-19-14)21-3-5-22-6-4-21/h1-2,7-8,10H,3-6,9H2,(H,18,19,20). The molecule has 22 heavy (non-hydrogen) atoms. The lowest BCUT2D eigenvalue weighted by Gasteiger charge is -2.27. The Kier molecular flexibility index (Phi) is 4.97. The minimum atomic E-state index is 0.579. The fourth-order valence-electron chi connectivity index (χ4n) is 2.26. The van der Waals surface area contributed by atoms with Crippen molar-refractivity contribution in [1.82, 2.24) is 9.97 Å². The van der Waals surface area contributed by atoms with Crippen LogP contribution in [-0.2, 0) is 11.3 Å². The van der Waals surface area contributed by atoms with Gasteiger partial charge in [-0.25, -0.2) is 9.97 Å². The molecule has 1 aliphatic rings. The third-order valence-electron chi connectivity index (χ3n) is 3.46. The molecule has 1 fully saturated rings. The highest BCUT2D eigenvalue weighted by Gasteiger charge is 2.13. The molecule has 116 valence electrons. The van der Waals surface area contributed by atoms with Crippen LogP contribution in [0.25, 0.3) is 0 Å². The number of aromatic nitrogens is 2. The Morgan fingerprint density at radius 1 is 1.14 bits per heavy atom. The zero-order chi connectivity index (χ0) is 15.4. The van der Waals surface area contributed by atoms with E-state index in [2.05, 4.69) is 20.2 Å². The van der Waals surface area contributed by atoms with Crippen molar-refractivity contribution in [3.63, 3.8) is 0 Å². The van der Waals surface area contributed by atoms with E-state index >= 15 is 0 Å². The van der Waals surface area contributed by atoms with Crippen molar-refractivity contribution in [2.75, 3.05) is 36.5 Å². The van der Waals surface area contributed by atoms with Crippen LogP contribution < -0.4 is 10.2 Å². The maximum absolute atomic E-state index is 6.17. The molecule has 1 saturated heterocycles. The first kappa shape index (κ1) is 15.3. The van der Waals surface area contributed by atoms with Crippen LogP contribution in [0.2, 0.25) is 10.0 Å². The molecule has 0 amide bonds. The minimum absolute atomic E-state index is 0.579. The van der Waals surface area contributed by atoms with E-state index in [9.17, 15) is 0 Å². The summed E-state index contributed by atoms with van der Waals surface area (Å²) in [5.74, 6) is 1.67. The normalized spacial score (nSPS) is 14.9. The van der Waals surface area contributed by atoms with Crippen LogP contribution in [0.5, 0.6) is 0 Å². The van der Waals surface area contributed by atoms with Gasteiger partial charge >= 0.3 is 0 Å². The second-order valence-corrected chi connectivity index (χ2v) is 5.79. The Morgan fingerprint density at radius 2 is 1.95 bits per heavy atom. The number of nitrogens with zero attached hydrogens (tertiary/aromatic N) is 3. The quantitative estimate of drug-likeness (QED) is 0.927. The van der Waals surface area contributed by atoms with Gasteiger partial charge < -0.3 is 15.0 Å². The van der Waals surface area contributed by atoms with E-state index in [1.54, 1.807) is 12.4 Å². The van der Waals surface area contributed by atoms with Gasteiger partial charge in [-0.2, -0.15) is 0 Å². The Labute approximate surface area is 139 Å². The summed E-state index contributed by atoms with van der Waals surface area (Å²) in [4.78, 5) is 10.8. The molecule has 0 aliphatic carbocycles. The summed E-state index contributed by atoms with van der Waals surface area (Å²) in [6, 6.07) is 7.40. The van der Waals surface area contributed by atoms with Crippen molar-refractivity contribution >= 4 is 34.8 Å². The van der Waals surface area contributed by atoms with Gasteiger partial charge in [0.05, 0.1) is 13.2 Å². The first-order chi connectivity index (χ1) is 10.7. The largest absolute Gasteiger partial charge is 0.378 e. The molecule has 3 rings (SSSR count). The van der Waals surface area contributed by atoms with Crippen molar-refractivity contribution in [3.05, 3.63) is 46.2 Å². The third-order valence-corrected chi connectivity index (χ3v) is 4.05. The van der Waals surface area contributed by atoms with Gasteiger partial charge in [0.2, 0.25) is 0 Å². The highest BCUT2D eigenvalue weighted by molar-refractivity contribution is 6.35. The molecule has 0 saturated carbocycles. The summed E-state index contributed by atoms with van der Waals surface area (Å²) in [6.07, 6.45) is 1.57. The molecule has 1 N–H and O–H groups in total. The number of anilines is 2. The number of hydrogen-bond acceptors (Lipinski definition) is 5. The predicted octanol–water partition coefficient (Wildman–Crippen LogP) is 3.23. The Morgan fingerprint density at radius 3 is 2.73 bits per heavy atom. The van der Waals surface area contributed by atoms with Crippen molar-refractivity contribution in [2.45, 2.75) is 6.54 Å². The smallest absolute Gasteiger partial charge is 0.134 e. The molecule has 2 heterocycles. The number of nitrogens with one attached hydrogen (secondary N) is 1. The van der Waals surface area contributed by atoms with Crippen LogP contribution >= 0.6 is 23.2 Å². The molecule has 5 nitrogen and oxygen atoms in total. The second-order valence-electron chi connectivity index (χ2n) is 4.95. The van der Waals surface area contributed by atoms with Crippen LogP contribution in [0.3, 0.4) is 0 Å². The topological polar surface area (TPSA) is 50.3 Å². The zero-order valence-electron chi connectivity index (χ0n) is 11.9. The zero-order valence-corrected chi connectivity index (χ0v) is 13.4. The first-order valence-corrected chi connectivity index (χ1v) is 7.80. The lowest BCUT2D eigenvalue weighted by atomic mass is 10.2. The number of halogens is 2. The molecule has 0 bridgehead atoms. The van der Waals surface area contributed by atoms with E-state index in [1.165, 1.54) is 0 Å². The van der Waals surface area contributed by atoms with Crippen molar-refractivity contribution in [2.24, 2.45) is 0 Å². The molecule has 7 heteroatoms. The van der Waals surface area contributed by atoms with Gasteiger partial charge in [-0.3, -0.25) is 0 Å². The van der Waals surface area contributed by atoms with Gasteiger partial charge in [-0.15, -0.1) is 0 Å². The van der Waals surface area contributed by atoms with E-state index in [4.69, 9.17) is 27.9 Å². The van der Waals surface area contributed by atoms with E-state index in [0.717, 1.165) is 43.5 Å². The Hall–Kier alpha value is -1.56. The van der Waals surface area contributed by atoms with Gasteiger partial charge in [0, 0.05) is 35.7 Å². The fourth-order valence-corrected chi connectivity index (χ4v) is 2.74. The molecular formula is C15H16Cl2N4O. The average molecular weight is 339 g/mol. The number of benzene rings is 1. The molecule has 0 spiro atoms. The Bertz CT molecular complexity index is 647. The summed E-state index contributed by atoms with van der Waals surface area (Å²) in [6.45, 7) is 3.73. The lowest BCUT2D eigenvalue weighted by molar-refractivity contribution is 0.122. The third kappa shape index (κ3) is 3.80. The highest BCUT2D eigenvalue weighted by atomic mass is 35.5. The predicted molar refractivity (Wildman–Crippen MR) is 88.9 cm³/mol. The monoisotopic (exact) mass is 338 g/mol. The van der Waals surface area contributed by atoms with E-state index < -0.39 is 0 Å². The molecule has 1 aromatic heterocycles. The summed E-state index contributed by atoms with van der Waals surface area (Å²) < 4.78 is 5.35. The SMILES string of the molecule is Clc1ccc(CNc2cc(N3CCOCC3)ncn2)c(Cl)c1. The molecule has 2 aromatic rings. The minimum Gasteiger partial charge on any atom is -0.378 e. The molecule has 0 atom stereocenters. The average Bonchev–Trinajstić information content (AvgIpc) is 2.55. The molecule has 0 radical (unpaired) electrons. The summed E-state index contributed by atoms with van der Waals surface area (Å²) in [5.41, 5.74) is 0.970. The number of hydrogen-bond donors (Lipinski definition) is 1. The number of rotatable bonds is 4.